The first-order valence-corrected chi connectivity index (χ1v) is 10.2. The number of aromatic nitrogens is 1. The number of amides is 2. The first kappa shape index (κ1) is 26.3. The summed E-state index contributed by atoms with van der Waals surface area (Å²) < 4.78 is 92.1. The van der Waals surface area contributed by atoms with Crippen LogP contribution in [0.15, 0.2) is 30.5 Å². The van der Waals surface area contributed by atoms with Crippen LogP contribution in [0.4, 0.5) is 32.0 Å². The molecule has 1 fully saturated rings. The first-order valence-electron chi connectivity index (χ1n) is 10.2. The molecule has 3 rings (SSSR count). The van der Waals surface area contributed by atoms with Gasteiger partial charge in [0.25, 0.3) is 11.8 Å². The van der Waals surface area contributed by atoms with Crippen LogP contribution in [0, 0.1) is 18.7 Å². The molecule has 2 aromatic rings. The molecule has 1 aromatic heterocycles. The number of halogens is 6. The van der Waals surface area contributed by atoms with E-state index >= 15 is 0 Å². The summed E-state index contributed by atoms with van der Waals surface area (Å²) in [5.41, 5.74) is 1.43. The fraction of sp³-hybridized carbons (Fsp3) is 0.409. The third-order valence-electron chi connectivity index (χ3n) is 6.14. The van der Waals surface area contributed by atoms with E-state index in [9.17, 15) is 35.9 Å². The summed E-state index contributed by atoms with van der Waals surface area (Å²) in [5.74, 6) is -6.53. The van der Waals surface area contributed by atoms with E-state index in [0.717, 1.165) is 45.2 Å². The number of hydrogen-bond donors (Lipinski definition) is 2. The monoisotopic (exact) mass is 505 g/mol. The molecule has 1 aliphatic heterocycles. The van der Waals surface area contributed by atoms with Crippen LogP contribution in [0.2, 0.25) is 0 Å². The Morgan fingerprint density at radius 2 is 1.91 bits per heavy atom. The number of nitrogens with one attached hydrogen (secondary N) is 1. The van der Waals surface area contributed by atoms with E-state index in [2.05, 4.69) is 15.0 Å². The summed E-state index contributed by atoms with van der Waals surface area (Å²) in [7, 11) is 0. The molecule has 2 heterocycles. The van der Waals surface area contributed by atoms with Crippen molar-refractivity contribution in [2.24, 2.45) is 11.7 Å². The molecule has 1 aromatic carbocycles. The van der Waals surface area contributed by atoms with Gasteiger partial charge in [-0.2, -0.15) is 22.0 Å². The average molecular weight is 505 g/mol. The molecule has 7 nitrogen and oxygen atoms in total. The van der Waals surface area contributed by atoms with Gasteiger partial charge in [0.2, 0.25) is 0 Å². The molecule has 1 aliphatic rings. The Morgan fingerprint density at radius 3 is 2.49 bits per heavy atom. The third-order valence-corrected chi connectivity index (χ3v) is 6.14. The van der Waals surface area contributed by atoms with Gasteiger partial charge in [-0.05, 0) is 32.0 Å². The fourth-order valence-electron chi connectivity index (χ4n) is 4.08. The van der Waals surface area contributed by atoms with Crippen LogP contribution in [0.3, 0.4) is 0 Å². The van der Waals surface area contributed by atoms with Crippen LogP contribution in [0.5, 0.6) is 5.75 Å². The zero-order valence-electron chi connectivity index (χ0n) is 18.6. The van der Waals surface area contributed by atoms with Crippen LogP contribution < -0.4 is 15.8 Å². The number of hydrogen-bond acceptors (Lipinski definition) is 5. The lowest BCUT2D eigenvalue weighted by atomic mass is 9.76. The van der Waals surface area contributed by atoms with Crippen LogP contribution in [-0.4, -0.2) is 41.3 Å². The number of ether oxygens (including phenoxy) is 2. The number of nitrogens with zero attached hydrogens (tertiary/aromatic N) is 1. The number of nitrogens with two attached hydrogens (primary N) is 1. The molecular formula is C22H21F6N3O4. The molecule has 0 bridgehead atoms. The molecule has 35 heavy (non-hydrogen) atoms. The maximum Gasteiger partial charge on any atom is 0.417 e. The first-order chi connectivity index (χ1) is 16.2. The maximum atomic E-state index is 14.1. The van der Waals surface area contributed by atoms with Gasteiger partial charge in [0.1, 0.15) is 23.4 Å². The molecule has 3 N–H and O–H groups in total. The molecule has 13 heteroatoms. The van der Waals surface area contributed by atoms with Crippen molar-refractivity contribution < 1.29 is 45.4 Å². The third kappa shape index (κ3) is 4.90. The molecule has 0 saturated carbocycles. The second-order valence-corrected chi connectivity index (χ2v) is 8.21. The van der Waals surface area contributed by atoms with Crippen molar-refractivity contribution in [2.45, 2.75) is 51.2 Å². The average Bonchev–Trinajstić information content (AvgIpc) is 3.04. The Balaban J connectivity index is 2.10. The lowest BCUT2D eigenvalue weighted by molar-refractivity contribution is -0.272. The van der Waals surface area contributed by atoms with Crippen LogP contribution >= 0.6 is 0 Å². The molecule has 0 radical (unpaired) electrons. The standard InChI is InChI=1S/C22H21F6N3O4/c1-9-13(23)5-4-12(16(9)34-20(24)25)15-10(2)21(3,22(26,27)28)35-17(15)19(33)31-11-6-7-30-14(8-11)18(29)32/h4-8,10,15,17,20H,1-3H3,(H2,29,32)(H,30,31,33)/t10-,15-,17-,21-/m1/s1. The summed E-state index contributed by atoms with van der Waals surface area (Å²) in [5, 5.41) is 2.33. The number of alkyl halides is 5. The van der Waals surface area contributed by atoms with Gasteiger partial charge in [0.15, 0.2) is 5.60 Å². The Hall–Kier alpha value is -3.35. The molecule has 1 saturated heterocycles. The minimum atomic E-state index is -4.95. The van der Waals surface area contributed by atoms with E-state index in [0.29, 0.717) is 0 Å². The summed E-state index contributed by atoms with van der Waals surface area (Å²) in [6, 6.07) is 4.23. The van der Waals surface area contributed by atoms with E-state index in [4.69, 9.17) is 10.5 Å². The Morgan fingerprint density at radius 1 is 1.26 bits per heavy atom. The number of benzene rings is 1. The number of rotatable bonds is 6. The van der Waals surface area contributed by atoms with Crippen LogP contribution in [0.1, 0.15) is 41.4 Å². The highest BCUT2D eigenvalue weighted by Crippen LogP contribution is 2.55. The predicted molar refractivity (Wildman–Crippen MR) is 110 cm³/mol. The molecule has 4 atom stereocenters. The maximum absolute atomic E-state index is 14.1. The largest absolute Gasteiger partial charge is 0.434 e. The second-order valence-electron chi connectivity index (χ2n) is 8.21. The van der Waals surface area contributed by atoms with Gasteiger partial charge in [0, 0.05) is 34.8 Å². The van der Waals surface area contributed by atoms with E-state index in [1.165, 1.54) is 6.07 Å². The number of carbonyl (C=O) groups is 2. The number of carbonyl (C=O) groups excluding carboxylic acids is 2. The highest BCUT2D eigenvalue weighted by molar-refractivity contribution is 5.97. The van der Waals surface area contributed by atoms with Crippen molar-refractivity contribution >= 4 is 17.5 Å². The van der Waals surface area contributed by atoms with E-state index in [1.54, 1.807) is 0 Å². The Bertz CT molecular complexity index is 1140. The lowest BCUT2D eigenvalue weighted by Gasteiger charge is -2.32. The van der Waals surface area contributed by atoms with E-state index < -0.39 is 59.7 Å². The zero-order chi connectivity index (χ0) is 26.3. The molecule has 0 aliphatic carbocycles. The van der Waals surface area contributed by atoms with Gasteiger partial charge in [0.05, 0.1) is 0 Å². The van der Waals surface area contributed by atoms with Crippen molar-refractivity contribution in [3.05, 3.63) is 53.1 Å². The zero-order valence-corrected chi connectivity index (χ0v) is 18.6. The minimum Gasteiger partial charge on any atom is -0.434 e. The normalized spacial score (nSPS) is 24.5. The van der Waals surface area contributed by atoms with E-state index in [-0.39, 0.29) is 22.5 Å². The van der Waals surface area contributed by atoms with Gasteiger partial charge < -0.3 is 20.5 Å². The van der Waals surface area contributed by atoms with Gasteiger partial charge in [-0.1, -0.05) is 13.0 Å². The number of primary amides is 1. The topological polar surface area (TPSA) is 104 Å². The van der Waals surface area contributed by atoms with Crippen molar-refractivity contribution in [3.8, 4) is 5.75 Å². The van der Waals surface area contributed by atoms with Crippen molar-refractivity contribution in [3.63, 3.8) is 0 Å². The van der Waals surface area contributed by atoms with Crippen LogP contribution in [-0.2, 0) is 9.53 Å². The SMILES string of the molecule is Cc1c(F)ccc([C@H]2[C@@H](C)[C@](C)(C(F)(F)F)O[C@H]2C(=O)Nc2ccnc(C(N)=O)c2)c1OC(F)F. The highest BCUT2D eigenvalue weighted by atomic mass is 19.4. The van der Waals surface area contributed by atoms with Gasteiger partial charge >= 0.3 is 12.8 Å². The molecular weight excluding hydrogens is 484 g/mol. The van der Waals surface area contributed by atoms with Gasteiger partial charge in [-0.15, -0.1) is 0 Å². The lowest BCUT2D eigenvalue weighted by Crippen LogP contribution is -2.47. The second kappa shape index (κ2) is 9.36. The molecule has 0 unspecified atom stereocenters. The molecule has 190 valence electrons. The van der Waals surface area contributed by atoms with Crippen molar-refractivity contribution in [2.75, 3.05) is 5.32 Å². The smallest absolute Gasteiger partial charge is 0.417 e. The number of pyridine rings is 1. The Labute approximate surface area is 195 Å². The minimum absolute atomic E-state index is 0.0197. The summed E-state index contributed by atoms with van der Waals surface area (Å²) >= 11 is 0. The fourth-order valence-corrected chi connectivity index (χ4v) is 4.08. The van der Waals surface area contributed by atoms with E-state index in [1.807, 2.05) is 0 Å². The predicted octanol–water partition coefficient (Wildman–Crippen LogP) is 4.31. The van der Waals surface area contributed by atoms with Crippen LogP contribution in [0.25, 0.3) is 0 Å². The Kier molecular flexibility index (Phi) is 7.02. The van der Waals surface area contributed by atoms with Gasteiger partial charge in [-0.3, -0.25) is 14.6 Å². The summed E-state index contributed by atoms with van der Waals surface area (Å²) in [4.78, 5) is 28.2. The molecule has 2 amide bonds. The molecule has 0 spiro atoms. The number of anilines is 1. The summed E-state index contributed by atoms with van der Waals surface area (Å²) in [6.45, 7) is -0.401. The summed E-state index contributed by atoms with van der Waals surface area (Å²) in [6.07, 6.45) is -5.66. The van der Waals surface area contributed by atoms with Crippen molar-refractivity contribution in [1.29, 1.82) is 0 Å². The van der Waals surface area contributed by atoms with Crippen molar-refractivity contribution in [1.82, 2.24) is 4.98 Å². The quantitative estimate of drug-likeness (QED) is 0.570. The van der Waals surface area contributed by atoms with Gasteiger partial charge in [-0.25, -0.2) is 4.39 Å². The highest BCUT2D eigenvalue weighted by Gasteiger charge is 2.65.